The molecule has 1 N–H and O–H groups in total. The highest BCUT2D eigenvalue weighted by Crippen LogP contribution is 2.08. The van der Waals surface area contributed by atoms with E-state index >= 15 is 0 Å². The molecule has 17 heavy (non-hydrogen) atoms. The first-order chi connectivity index (χ1) is 8.09. The van der Waals surface area contributed by atoms with E-state index in [0.29, 0.717) is 31.3 Å². The Hall–Kier alpha value is -0.990. The number of methoxy groups -OCH3 is 1. The molecule has 1 aliphatic heterocycles. The third-order valence-corrected chi connectivity index (χ3v) is 4.24. The summed E-state index contributed by atoms with van der Waals surface area (Å²) in [7, 11) is -1.39. The molecule has 96 valence electrons. The maximum atomic E-state index is 11.4. The average Bonchev–Trinajstić information content (AvgIpc) is 2.64. The lowest BCUT2D eigenvalue weighted by Crippen LogP contribution is -2.46. The highest BCUT2D eigenvalue weighted by atomic mass is 32.2. The Morgan fingerprint density at radius 2 is 2.41 bits per heavy atom. The first-order valence-corrected chi connectivity index (χ1v) is 7.15. The van der Waals surface area contributed by atoms with Crippen LogP contribution in [0.3, 0.4) is 0 Å². The first-order valence-electron chi connectivity index (χ1n) is 5.33. The molecule has 8 heteroatoms. The zero-order valence-corrected chi connectivity index (χ0v) is 10.4. The van der Waals surface area contributed by atoms with Gasteiger partial charge in [-0.1, -0.05) is 5.16 Å². The predicted molar refractivity (Wildman–Crippen MR) is 59.2 cm³/mol. The predicted octanol–water partition coefficient (Wildman–Crippen LogP) is -0.855. The molecule has 1 aromatic heterocycles. The van der Waals surface area contributed by atoms with Crippen LogP contribution in [0.4, 0.5) is 0 Å². The van der Waals surface area contributed by atoms with Gasteiger partial charge in [0.1, 0.15) is 6.61 Å². The van der Waals surface area contributed by atoms with Crippen molar-refractivity contribution in [1.82, 2.24) is 15.5 Å². The lowest BCUT2D eigenvalue weighted by atomic mass is 10.2. The standard InChI is InChI=1S/C9H15N3O4S/c1-15-5-8-11-9(16-12-8)4-7-6-17(13,14)3-2-10-7/h7,10H,2-6H2,1H3. The molecule has 1 atom stereocenters. The smallest absolute Gasteiger partial charge is 0.228 e. The van der Waals surface area contributed by atoms with Gasteiger partial charge in [-0.25, -0.2) is 8.42 Å². The van der Waals surface area contributed by atoms with Gasteiger partial charge in [-0.15, -0.1) is 0 Å². The normalized spacial score (nSPS) is 23.7. The highest BCUT2D eigenvalue weighted by Gasteiger charge is 2.25. The zero-order chi connectivity index (χ0) is 12.3. The van der Waals surface area contributed by atoms with Crippen LogP contribution in [0.15, 0.2) is 4.52 Å². The van der Waals surface area contributed by atoms with Gasteiger partial charge in [0.15, 0.2) is 15.7 Å². The van der Waals surface area contributed by atoms with Crippen molar-refractivity contribution >= 4 is 9.84 Å². The van der Waals surface area contributed by atoms with Crippen LogP contribution in [0.2, 0.25) is 0 Å². The molecule has 0 spiro atoms. The topological polar surface area (TPSA) is 94.3 Å². The fourth-order valence-electron chi connectivity index (χ4n) is 1.77. The molecule has 2 heterocycles. The van der Waals surface area contributed by atoms with Crippen molar-refractivity contribution in [2.24, 2.45) is 0 Å². The third kappa shape index (κ3) is 3.48. The van der Waals surface area contributed by atoms with Crippen molar-refractivity contribution < 1.29 is 17.7 Å². The molecule has 2 rings (SSSR count). The molecule has 1 fully saturated rings. The van der Waals surface area contributed by atoms with E-state index in [0.717, 1.165) is 0 Å². The SMILES string of the molecule is COCc1noc(CC2CS(=O)(=O)CCN2)n1. The van der Waals surface area contributed by atoms with E-state index in [1.54, 1.807) is 7.11 Å². The molecule has 0 amide bonds. The van der Waals surface area contributed by atoms with Crippen molar-refractivity contribution in [2.75, 3.05) is 25.2 Å². The summed E-state index contributed by atoms with van der Waals surface area (Å²) in [5.74, 6) is 1.23. The van der Waals surface area contributed by atoms with E-state index in [9.17, 15) is 8.42 Å². The van der Waals surface area contributed by atoms with Crippen LogP contribution in [0.25, 0.3) is 0 Å². The maximum Gasteiger partial charge on any atom is 0.228 e. The van der Waals surface area contributed by atoms with Crippen molar-refractivity contribution in [3.63, 3.8) is 0 Å². The number of hydrogen-bond acceptors (Lipinski definition) is 7. The Morgan fingerprint density at radius 3 is 3.12 bits per heavy atom. The molecule has 1 saturated heterocycles. The van der Waals surface area contributed by atoms with Gasteiger partial charge in [-0.05, 0) is 0 Å². The Morgan fingerprint density at radius 1 is 1.59 bits per heavy atom. The first kappa shape index (κ1) is 12.5. The van der Waals surface area contributed by atoms with E-state index < -0.39 is 9.84 Å². The lowest BCUT2D eigenvalue weighted by Gasteiger charge is -2.21. The van der Waals surface area contributed by atoms with E-state index in [1.165, 1.54) is 0 Å². The summed E-state index contributed by atoms with van der Waals surface area (Å²) in [6.45, 7) is 0.770. The summed E-state index contributed by atoms with van der Waals surface area (Å²) < 4.78 is 32.7. The summed E-state index contributed by atoms with van der Waals surface area (Å²) in [6, 6.07) is -0.149. The van der Waals surface area contributed by atoms with Crippen LogP contribution >= 0.6 is 0 Å². The van der Waals surface area contributed by atoms with Crippen LogP contribution in [0.1, 0.15) is 11.7 Å². The maximum absolute atomic E-state index is 11.4. The van der Waals surface area contributed by atoms with E-state index in [-0.39, 0.29) is 17.5 Å². The molecular weight excluding hydrogens is 246 g/mol. The van der Waals surface area contributed by atoms with Gasteiger partial charge in [-0.2, -0.15) is 4.98 Å². The van der Waals surface area contributed by atoms with Gasteiger partial charge in [0.25, 0.3) is 0 Å². The van der Waals surface area contributed by atoms with Gasteiger partial charge < -0.3 is 14.6 Å². The van der Waals surface area contributed by atoms with Crippen molar-refractivity contribution in [3.8, 4) is 0 Å². The van der Waals surface area contributed by atoms with Crippen molar-refractivity contribution in [1.29, 1.82) is 0 Å². The monoisotopic (exact) mass is 261 g/mol. The van der Waals surface area contributed by atoms with Crippen LogP contribution in [-0.4, -0.2) is 49.8 Å². The van der Waals surface area contributed by atoms with Gasteiger partial charge in [0.2, 0.25) is 5.89 Å². The summed E-state index contributed by atoms with van der Waals surface area (Å²) in [5.41, 5.74) is 0. The second-order valence-electron chi connectivity index (χ2n) is 4.01. The Balaban J connectivity index is 1.95. The minimum absolute atomic E-state index is 0.120. The Kier molecular flexibility index (Phi) is 3.75. The molecule has 0 saturated carbocycles. The van der Waals surface area contributed by atoms with Crippen molar-refractivity contribution in [2.45, 2.75) is 19.1 Å². The van der Waals surface area contributed by atoms with Gasteiger partial charge in [0, 0.05) is 26.1 Å². The zero-order valence-electron chi connectivity index (χ0n) is 9.55. The minimum atomic E-state index is -2.93. The van der Waals surface area contributed by atoms with Gasteiger partial charge in [-0.3, -0.25) is 0 Å². The summed E-state index contributed by atoms with van der Waals surface area (Å²) in [5, 5.41) is 6.85. The van der Waals surface area contributed by atoms with Gasteiger partial charge in [0.05, 0.1) is 11.5 Å². The number of sulfone groups is 1. The Bertz CT molecular complexity index is 470. The molecule has 1 unspecified atom stereocenters. The van der Waals surface area contributed by atoms with Gasteiger partial charge >= 0.3 is 0 Å². The van der Waals surface area contributed by atoms with Crippen LogP contribution in [0.5, 0.6) is 0 Å². The van der Waals surface area contributed by atoms with Crippen LogP contribution < -0.4 is 5.32 Å². The largest absolute Gasteiger partial charge is 0.377 e. The fraction of sp³-hybridized carbons (Fsp3) is 0.778. The Labute approximate surface area is 99.5 Å². The third-order valence-electron chi connectivity index (χ3n) is 2.51. The lowest BCUT2D eigenvalue weighted by molar-refractivity contribution is 0.174. The number of nitrogens with zero attached hydrogens (tertiary/aromatic N) is 2. The molecule has 7 nitrogen and oxygen atoms in total. The minimum Gasteiger partial charge on any atom is -0.377 e. The molecule has 0 bridgehead atoms. The fourth-order valence-corrected chi connectivity index (χ4v) is 3.21. The summed E-state index contributed by atoms with van der Waals surface area (Å²) in [6.07, 6.45) is 0.427. The molecule has 0 radical (unpaired) electrons. The van der Waals surface area contributed by atoms with E-state index in [2.05, 4.69) is 15.5 Å². The molecule has 1 aromatic rings. The summed E-state index contributed by atoms with van der Waals surface area (Å²) >= 11 is 0. The molecule has 0 aliphatic carbocycles. The second-order valence-corrected chi connectivity index (χ2v) is 6.24. The van der Waals surface area contributed by atoms with E-state index in [1.807, 2.05) is 0 Å². The summed E-state index contributed by atoms with van der Waals surface area (Å²) in [4.78, 5) is 4.10. The number of rotatable bonds is 4. The number of hydrogen-bond donors (Lipinski definition) is 1. The quantitative estimate of drug-likeness (QED) is 0.754. The second kappa shape index (κ2) is 5.11. The molecule has 1 aliphatic rings. The number of nitrogens with one attached hydrogen (secondary N) is 1. The number of ether oxygens (including phenoxy) is 1. The van der Waals surface area contributed by atoms with Crippen molar-refractivity contribution in [3.05, 3.63) is 11.7 Å². The molecular formula is C9H15N3O4S. The number of aromatic nitrogens is 2. The van der Waals surface area contributed by atoms with Crippen LogP contribution in [0, 0.1) is 0 Å². The average molecular weight is 261 g/mol. The van der Waals surface area contributed by atoms with Crippen LogP contribution in [-0.2, 0) is 27.6 Å². The molecule has 0 aromatic carbocycles. The highest BCUT2D eigenvalue weighted by molar-refractivity contribution is 7.91. The van der Waals surface area contributed by atoms with E-state index in [4.69, 9.17) is 9.26 Å².